The van der Waals surface area contributed by atoms with Gasteiger partial charge in [-0.2, -0.15) is 21.4 Å². The molecule has 4 nitrogen and oxygen atoms in total. The molecule has 0 amide bonds. The highest BCUT2D eigenvalue weighted by molar-refractivity contribution is 7.99. The summed E-state index contributed by atoms with van der Waals surface area (Å²) in [5, 5.41) is 13.8. The molecule has 84 valence electrons. The van der Waals surface area contributed by atoms with Gasteiger partial charge in [-0.3, -0.25) is 0 Å². The Labute approximate surface area is 97.7 Å². The average Bonchev–Trinajstić information content (AvgIpc) is 2.79. The monoisotopic (exact) mass is 235 g/mol. The molecule has 0 spiro atoms. The number of aromatic hydroxyl groups is 1. The van der Waals surface area contributed by atoms with Crippen molar-refractivity contribution in [2.45, 2.75) is 18.8 Å². The summed E-state index contributed by atoms with van der Waals surface area (Å²) in [7, 11) is 0. The van der Waals surface area contributed by atoms with Gasteiger partial charge in [0, 0.05) is 18.1 Å². The van der Waals surface area contributed by atoms with Crippen LogP contribution in [0.5, 0.6) is 5.88 Å². The first kappa shape index (κ1) is 9.96. The minimum absolute atomic E-state index is 0.184. The standard InChI is InChI=1S/C11H13N3OS/c15-11-7-9(8-2-5-16-6-3-8)13-10-1-4-12-14(10)11/h1,4,7-8,15H,2-3,5-6H2. The third-order valence-electron chi connectivity index (χ3n) is 3.00. The molecular formula is C11H13N3OS. The molecule has 0 saturated carbocycles. The van der Waals surface area contributed by atoms with Crippen LogP contribution in [0.15, 0.2) is 18.3 Å². The van der Waals surface area contributed by atoms with Crippen molar-refractivity contribution in [1.29, 1.82) is 0 Å². The van der Waals surface area contributed by atoms with Gasteiger partial charge in [0.2, 0.25) is 5.88 Å². The fourth-order valence-electron chi connectivity index (χ4n) is 2.12. The molecule has 2 aromatic heterocycles. The Balaban J connectivity index is 2.02. The summed E-state index contributed by atoms with van der Waals surface area (Å²) >= 11 is 1.99. The van der Waals surface area contributed by atoms with Gasteiger partial charge in [0.25, 0.3) is 0 Å². The van der Waals surface area contributed by atoms with Gasteiger partial charge in [0.05, 0.1) is 11.9 Å². The Hall–Kier alpha value is -1.23. The second-order valence-electron chi connectivity index (χ2n) is 4.03. The normalized spacial score (nSPS) is 18.0. The summed E-state index contributed by atoms with van der Waals surface area (Å²) in [5.74, 6) is 3.06. The number of nitrogens with zero attached hydrogens (tertiary/aromatic N) is 3. The van der Waals surface area contributed by atoms with E-state index in [1.807, 2.05) is 17.8 Å². The van der Waals surface area contributed by atoms with Crippen molar-refractivity contribution in [3.05, 3.63) is 24.0 Å². The Morgan fingerprint density at radius 3 is 3.00 bits per heavy atom. The molecule has 0 atom stereocenters. The van der Waals surface area contributed by atoms with Crippen molar-refractivity contribution in [3.8, 4) is 5.88 Å². The van der Waals surface area contributed by atoms with Gasteiger partial charge < -0.3 is 5.11 Å². The first-order chi connectivity index (χ1) is 7.84. The molecule has 0 aromatic carbocycles. The highest BCUT2D eigenvalue weighted by atomic mass is 32.2. The Morgan fingerprint density at radius 1 is 1.38 bits per heavy atom. The van der Waals surface area contributed by atoms with Gasteiger partial charge in [-0.25, -0.2) is 4.98 Å². The molecule has 1 fully saturated rings. The van der Waals surface area contributed by atoms with E-state index < -0.39 is 0 Å². The molecule has 0 unspecified atom stereocenters. The maximum absolute atomic E-state index is 9.83. The first-order valence-electron chi connectivity index (χ1n) is 5.46. The minimum atomic E-state index is 0.184. The summed E-state index contributed by atoms with van der Waals surface area (Å²) in [6, 6.07) is 3.57. The van der Waals surface area contributed by atoms with E-state index in [1.165, 1.54) is 16.0 Å². The van der Waals surface area contributed by atoms with Gasteiger partial charge in [-0.15, -0.1) is 0 Å². The van der Waals surface area contributed by atoms with Crippen molar-refractivity contribution in [3.63, 3.8) is 0 Å². The second kappa shape index (κ2) is 3.97. The van der Waals surface area contributed by atoms with Crippen LogP contribution >= 0.6 is 11.8 Å². The predicted octanol–water partition coefficient (Wildman–Crippen LogP) is 2.05. The number of hydrogen-bond acceptors (Lipinski definition) is 4. The lowest BCUT2D eigenvalue weighted by Crippen LogP contribution is -2.10. The minimum Gasteiger partial charge on any atom is -0.493 e. The Morgan fingerprint density at radius 2 is 2.19 bits per heavy atom. The average molecular weight is 235 g/mol. The van der Waals surface area contributed by atoms with Gasteiger partial charge in [-0.05, 0) is 24.3 Å². The van der Waals surface area contributed by atoms with E-state index in [0.717, 1.165) is 24.2 Å². The first-order valence-corrected chi connectivity index (χ1v) is 6.61. The van der Waals surface area contributed by atoms with E-state index in [0.29, 0.717) is 5.92 Å². The summed E-state index contributed by atoms with van der Waals surface area (Å²) in [6.45, 7) is 0. The third-order valence-corrected chi connectivity index (χ3v) is 4.05. The molecule has 0 bridgehead atoms. The van der Waals surface area contributed by atoms with Gasteiger partial charge in [0.1, 0.15) is 0 Å². The molecule has 3 rings (SSSR count). The molecule has 1 aliphatic heterocycles. The summed E-state index contributed by atoms with van der Waals surface area (Å²) < 4.78 is 1.46. The Kier molecular flexibility index (Phi) is 2.47. The van der Waals surface area contributed by atoms with E-state index >= 15 is 0 Å². The lowest BCUT2D eigenvalue weighted by molar-refractivity contribution is 0.432. The van der Waals surface area contributed by atoms with Crippen molar-refractivity contribution in [1.82, 2.24) is 14.6 Å². The molecule has 0 aliphatic carbocycles. The molecule has 2 aromatic rings. The fraction of sp³-hybridized carbons (Fsp3) is 0.455. The van der Waals surface area contributed by atoms with Crippen LogP contribution in [-0.2, 0) is 0 Å². The summed E-state index contributed by atoms with van der Waals surface area (Å²) in [4.78, 5) is 4.55. The zero-order valence-corrected chi connectivity index (χ0v) is 9.65. The maximum atomic E-state index is 9.83. The molecule has 1 aliphatic rings. The highest BCUT2D eigenvalue weighted by Gasteiger charge is 2.18. The molecule has 1 saturated heterocycles. The van der Waals surface area contributed by atoms with Crippen LogP contribution in [-0.4, -0.2) is 31.2 Å². The smallest absolute Gasteiger partial charge is 0.215 e. The van der Waals surface area contributed by atoms with Crippen LogP contribution in [0, 0.1) is 0 Å². The van der Waals surface area contributed by atoms with Crippen LogP contribution in [0.1, 0.15) is 24.5 Å². The maximum Gasteiger partial charge on any atom is 0.215 e. The van der Waals surface area contributed by atoms with E-state index in [9.17, 15) is 5.11 Å². The van der Waals surface area contributed by atoms with Gasteiger partial charge in [-0.1, -0.05) is 0 Å². The van der Waals surface area contributed by atoms with Crippen molar-refractivity contribution in [2.75, 3.05) is 11.5 Å². The summed E-state index contributed by atoms with van der Waals surface area (Å²) in [6.07, 6.45) is 3.96. The molecular weight excluding hydrogens is 222 g/mol. The lowest BCUT2D eigenvalue weighted by Gasteiger charge is -2.20. The number of thioether (sulfide) groups is 1. The SMILES string of the molecule is Oc1cc(C2CCSCC2)nc2ccnn12. The van der Waals surface area contributed by atoms with Crippen molar-refractivity contribution < 1.29 is 5.11 Å². The fourth-order valence-corrected chi connectivity index (χ4v) is 3.22. The topological polar surface area (TPSA) is 50.4 Å². The van der Waals surface area contributed by atoms with Crippen LogP contribution in [0.4, 0.5) is 0 Å². The zero-order valence-electron chi connectivity index (χ0n) is 8.83. The van der Waals surface area contributed by atoms with Gasteiger partial charge >= 0.3 is 0 Å². The third kappa shape index (κ3) is 1.65. The van der Waals surface area contributed by atoms with E-state index in [-0.39, 0.29) is 5.88 Å². The van der Waals surface area contributed by atoms with E-state index in [4.69, 9.17) is 0 Å². The molecule has 16 heavy (non-hydrogen) atoms. The highest BCUT2D eigenvalue weighted by Crippen LogP contribution is 2.31. The van der Waals surface area contributed by atoms with E-state index in [1.54, 1.807) is 12.3 Å². The van der Waals surface area contributed by atoms with Crippen LogP contribution in [0.2, 0.25) is 0 Å². The number of hydrogen-bond donors (Lipinski definition) is 1. The molecule has 1 N–H and O–H groups in total. The van der Waals surface area contributed by atoms with Crippen molar-refractivity contribution in [2.24, 2.45) is 0 Å². The van der Waals surface area contributed by atoms with Gasteiger partial charge in [0.15, 0.2) is 5.65 Å². The lowest BCUT2D eigenvalue weighted by atomic mass is 9.98. The van der Waals surface area contributed by atoms with Crippen LogP contribution < -0.4 is 0 Å². The number of rotatable bonds is 1. The predicted molar refractivity (Wildman–Crippen MR) is 64.0 cm³/mol. The zero-order chi connectivity index (χ0) is 11.0. The number of fused-ring (bicyclic) bond motifs is 1. The molecule has 0 radical (unpaired) electrons. The quantitative estimate of drug-likeness (QED) is 0.822. The summed E-state index contributed by atoms with van der Waals surface area (Å²) in [5.41, 5.74) is 1.74. The van der Waals surface area contributed by atoms with Crippen LogP contribution in [0.25, 0.3) is 5.65 Å². The second-order valence-corrected chi connectivity index (χ2v) is 5.25. The Bertz CT molecular complexity index is 505. The molecule has 5 heteroatoms. The largest absolute Gasteiger partial charge is 0.493 e. The van der Waals surface area contributed by atoms with Crippen LogP contribution in [0.3, 0.4) is 0 Å². The van der Waals surface area contributed by atoms with Crippen molar-refractivity contribution >= 4 is 17.4 Å². The molecule has 3 heterocycles. The number of aromatic nitrogens is 3. The van der Waals surface area contributed by atoms with E-state index in [2.05, 4.69) is 10.1 Å².